The minimum absolute atomic E-state index is 0. The molecular formula is C15H17INO+. The normalized spacial score (nSPS) is 10.3. The molecule has 2 aromatic rings. The molecule has 18 heavy (non-hydrogen) atoms. The van der Waals surface area contributed by atoms with E-state index in [2.05, 4.69) is 23.6 Å². The Morgan fingerprint density at radius 1 is 1.06 bits per heavy atom. The lowest BCUT2D eigenvalue weighted by molar-refractivity contribution is -0.693. The van der Waals surface area contributed by atoms with E-state index in [4.69, 9.17) is 0 Å². The largest absolute Gasteiger partial charge is 0.507 e. The lowest BCUT2D eigenvalue weighted by Crippen LogP contribution is -2.30. The molecule has 1 aromatic heterocycles. The topological polar surface area (TPSA) is 24.1 Å². The Hall–Kier alpha value is -1.36. The molecule has 0 saturated heterocycles. The van der Waals surface area contributed by atoms with Gasteiger partial charge in [-0.2, -0.15) is 0 Å². The molecule has 0 amide bonds. The van der Waals surface area contributed by atoms with Crippen molar-refractivity contribution in [3.63, 3.8) is 0 Å². The summed E-state index contributed by atoms with van der Waals surface area (Å²) in [6, 6.07) is 11.4. The number of aryl methyl sites for hydroxylation is 1. The van der Waals surface area contributed by atoms with Crippen molar-refractivity contribution in [2.24, 2.45) is 0 Å². The zero-order chi connectivity index (χ0) is 12.1. The van der Waals surface area contributed by atoms with Crippen LogP contribution in [0.2, 0.25) is 0 Å². The van der Waals surface area contributed by atoms with Gasteiger partial charge in [-0.25, -0.2) is 4.57 Å². The zero-order valence-corrected chi connectivity index (χ0v) is 12.6. The van der Waals surface area contributed by atoms with Gasteiger partial charge in [0.2, 0.25) is 0 Å². The van der Waals surface area contributed by atoms with E-state index in [1.807, 2.05) is 42.7 Å². The molecule has 1 heterocycles. The number of para-hydroxylation sites is 1. The van der Waals surface area contributed by atoms with E-state index in [1.54, 1.807) is 6.07 Å². The van der Waals surface area contributed by atoms with Crippen molar-refractivity contribution in [3.8, 4) is 5.75 Å². The van der Waals surface area contributed by atoms with Crippen molar-refractivity contribution in [2.45, 2.75) is 13.5 Å². The van der Waals surface area contributed by atoms with Crippen LogP contribution in [0.1, 0.15) is 18.1 Å². The molecule has 0 spiro atoms. The summed E-state index contributed by atoms with van der Waals surface area (Å²) in [5, 5.41) is 9.62. The van der Waals surface area contributed by atoms with Crippen LogP contribution in [-0.4, -0.2) is 5.11 Å². The second-order valence-corrected chi connectivity index (χ2v) is 3.85. The van der Waals surface area contributed by atoms with Gasteiger partial charge < -0.3 is 5.11 Å². The van der Waals surface area contributed by atoms with Crippen LogP contribution >= 0.6 is 24.0 Å². The standard InChI is InChI=1S/C15H15NO.HI/c1-2-16-11-9-13(10-12-16)7-8-14-5-3-4-6-15(14)17;/h3-12H,2H2,1H3;1H/p+1. The molecule has 0 aliphatic rings. The van der Waals surface area contributed by atoms with Crippen molar-refractivity contribution in [2.75, 3.05) is 0 Å². The third kappa shape index (κ3) is 3.84. The minimum Gasteiger partial charge on any atom is -0.507 e. The van der Waals surface area contributed by atoms with Gasteiger partial charge in [0.1, 0.15) is 12.3 Å². The third-order valence-corrected chi connectivity index (χ3v) is 2.67. The molecule has 0 atom stereocenters. The Morgan fingerprint density at radius 3 is 2.33 bits per heavy atom. The molecule has 94 valence electrons. The summed E-state index contributed by atoms with van der Waals surface area (Å²) in [5.41, 5.74) is 1.96. The highest BCUT2D eigenvalue weighted by Gasteiger charge is 1.96. The maximum absolute atomic E-state index is 9.62. The Balaban J connectivity index is 0.00000162. The number of rotatable bonds is 3. The Morgan fingerprint density at radius 2 is 1.72 bits per heavy atom. The number of nitrogens with zero attached hydrogens (tertiary/aromatic N) is 1. The van der Waals surface area contributed by atoms with Gasteiger partial charge in [-0.1, -0.05) is 30.4 Å². The van der Waals surface area contributed by atoms with Crippen LogP contribution in [0, 0.1) is 0 Å². The lowest BCUT2D eigenvalue weighted by atomic mass is 10.1. The number of benzene rings is 1. The van der Waals surface area contributed by atoms with Gasteiger partial charge in [-0.3, -0.25) is 0 Å². The van der Waals surface area contributed by atoms with E-state index < -0.39 is 0 Å². The summed E-state index contributed by atoms with van der Waals surface area (Å²) in [4.78, 5) is 0. The van der Waals surface area contributed by atoms with Gasteiger partial charge in [-0.05, 0) is 18.6 Å². The number of pyridine rings is 1. The number of halogens is 1. The zero-order valence-electron chi connectivity index (χ0n) is 10.3. The lowest BCUT2D eigenvalue weighted by Gasteiger charge is -1.97. The number of aromatic nitrogens is 1. The van der Waals surface area contributed by atoms with E-state index in [0.717, 1.165) is 17.7 Å². The summed E-state index contributed by atoms with van der Waals surface area (Å²) < 4.78 is 2.11. The van der Waals surface area contributed by atoms with Crippen LogP contribution in [0.4, 0.5) is 0 Å². The molecule has 0 saturated carbocycles. The highest BCUT2D eigenvalue weighted by Crippen LogP contribution is 2.18. The van der Waals surface area contributed by atoms with E-state index in [-0.39, 0.29) is 24.0 Å². The number of hydrogen-bond donors (Lipinski definition) is 1. The predicted octanol–water partition coefficient (Wildman–Crippen LogP) is 3.49. The smallest absolute Gasteiger partial charge is 0.169 e. The minimum atomic E-state index is 0. The number of aromatic hydroxyl groups is 1. The number of phenolic OH excluding ortho intramolecular Hbond substituents is 1. The fourth-order valence-electron chi connectivity index (χ4n) is 1.61. The summed E-state index contributed by atoms with van der Waals surface area (Å²) in [6.45, 7) is 3.08. The molecule has 3 heteroatoms. The first-order valence-corrected chi connectivity index (χ1v) is 5.75. The van der Waals surface area contributed by atoms with Crippen molar-refractivity contribution in [1.29, 1.82) is 0 Å². The molecule has 0 aliphatic carbocycles. The summed E-state index contributed by atoms with van der Waals surface area (Å²) >= 11 is 0. The molecule has 2 rings (SSSR count). The summed E-state index contributed by atoms with van der Waals surface area (Å²) in [5.74, 6) is 0.309. The number of hydrogen-bond acceptors (Lipinski definition) is 1. The SMILES string of the molecule is CC[n+]1ccc(C=Cc2ccccc2O)cc1.I. The molecule has 0 radical (unpaired) electrons. The maximum Gasteiger partial charge on any atom is 0.169 e. The predicted molar refractivity (Wildman–Crippen MR) is 84.8 cm³/mol. The van der Waals surface area contributed by atoms with Crippen LogP contribution in [0.25, 0.3) is 12.2 Å². The molecule has 1 aromatic carbocycles. The average molecular weight is 354 g/mol. The van der Waals surface area contributed by atoms with Gasteiger partial charge in [-0.15, -0.1) is 24.0 Å². The van der Waals surface area contributed by atoms with E-state index in [1.165, 1.54) is 0 Å². The molecule has 2 nitrogen and oxygen atoms in total. The van der Waals surface area contributed by atoms with Crippen LogP contribution < -0.4 is 4.57 Å². The fourth-order valence-corrected chi connectivity index (χ4v) is 1.61. The van der Waals surface area contributed by atoms with Crippen LogP contribution in [0.5, 0.6) is 5.75 Å². The van der Waals surface area contributed by atoms with E-state index >= 15 is 0 Å². The van der Waals surface area contributed by atoms with E-state index in [9.17, 15) is 5.11 Å². The molecular weight excluding hydrogens is 337 g/mol. The van der Waals surface area contributed by atoms with Crippen molar-refractivity contribution < 1.29 is 9.67 Å². The van der Waals surface area contributed by atoms with Gasteiger partial charge >= 0.3 is 0 Å². The highest BCUT2D eigenvalue weighted by molar-refractivity contribution is 14.0. The first kappa shape index (κ1) is 14.7. The number of phenols is 1. The van der Waals surface area contributed by atoms with Crippen molar-refractivity contribution in [3.05, 3.63) is 59.9 Å². The van der Waals surface area contributed by atoms with Crippen LogP contribution in [0.15, 0.2) is 48.8 Å². The maximum atomic E-state index is 9.62. The van der Waals surface area contributed by atoms with Gasteiger partial charge in [0.15, 0.2) is 12.4 Å². The monoisotopic (exact) mass is 354 g/mol. The van der Waals surface area contributed by atoms with Gasteiger partial charge in [0.25, 0.3) is 0 Å². The summed E-state index contributed by atoms with van der Waals surface area (Å²) in [7, 11) is 0. The Labute approximate surface area is 125 Å². The van der Waals surface area contributed by atoms with Crippen molar-refractivity contribution >= 4 is 36.1 Å². The molecule has 0 aliphatic heterocycles. The first-order valence-electron chi connectivity index (χ1n) is 5.75. The van der Waals surface area contributed by atoms with Crippen LogP contribution in [-0.2, 0) is 6.54 Å². The fraction of sp³-hybridized carbons (Fsp3) is 0.133. The molecule has 1 N–H and O–H groups in total. The average Bonchev–Trinajstić information content (AvgIpc) is 2.38. The molecule has 0 bridgehead atoms. The third-order valence-electron chi connectivity index (χ3n) is 2.67. The first-order chi connectivity index (χ1) is 8.29. The highest BCUT2D eigenvalue weighted by atomic mass is 127. The Kier molecular flexibility index (Phi) is 5.85. The molecule has 0 unspecified atom stereocenters. The van der Waals surface area contributed by atoms with Gasteiger partial charge in [0.05, 0.1) is 0 Å². The van der Waals surface area contributed by atoms with E-state index in [0.29, 0.717) is 5.75 Å². The van der Waals surface area contributed by atoms with Crippen molar-refractivity contribution in [1.82, 2.24) is 0 Å². The van der Waals surface area contributed by atoms with Crippen LogP contribution in [0.3, 0.4) is 0 Å². The molecule has 0 fully saturated rings. The van der Waals surface area contributed by atoms with Gasteiger partial charge in [0, 0.05) is 17.7 Å². The second kappa shape index (κ2) is 7.16. The Bertz CT molecular complexity index is 520. The summed E-state index contributed by atoms with van der Waals surface area (Å²) in [6.07, 6.45) is 8.01. The second-order valence-electron chi connectivity index (χ2n) is 3.85. The quantitative estimate of drug-likeness (QED) is 0.662.